The van der Waals surface area contributed by atoms with E-state index in [-0.39, 0.29) is 29.8 Å². The maximum absolute atomic E-state index is 12.7. The molecule has 0 aliphatic heterocycles. The Morgan fingerprint density at radius 3 is 2.62 bits per heavy atom. The maximum atomic E-state index is 12.7. The number of nitrogens with one attached hydrogen (secondary N) is 1. The largest absolute Gasteiger partial charge is 0.485 e. The summed E-state index contributed by atoms with van der Waals surface area (Å²) in [6, 6.07) is 20.2. The second kappa shape index (κ2) is 12.9. The Hall–Kier alpha value is -3.38. The van der Waals surface area contributed by atoms with Crippen LogP contribution in [0.1, 0.15) is 21.7 Å². The third-order valence-electron chi connectivity index (χ3n) is 5.85. The number of para-hydroxylation sites is 1. The van der Waals surface area contributed by atoms with Crippen molar-refractivity contribution in [3.63, 3.8) is 0 Å². The number of halogens is 1. The molecule has 3 aromatic carbocycles. The van der Waals surface area contributed by atoms with Crippen LogP contribution in [0.25, 0.3) is 10.2 Å². The third kappa shape index (κ3) is 7.03. The second-order valence-electron chi connectivity index (χ2n) is 8.73. The van der Waals surface area contributed by atoms with Crippen LogP contribution in [-0.2, 0) is 18.4 Å². The number of amides is 1. The van der Waals surface area contributed by atoms with Crippen LogP contribution in [0.2, 0.25) is 5.02 Å². The van der Waals surface area contributed by atoms with Crippen molar-refractivity contribution in [2.24, 2.45) is 7.05 Å². The fraction of sp³-hybridized carbons (Fsp3) is 0.179. The molecule has 5 aromatic rings. The topological polar surface area (TPSA) is 99.0 Å². The van der Waals surface area contributed by atoms with Crippen molar-refractivity contribution in [3.05, 3.63) is 88.7 Å². The maximum Gasteiger partial charge on any atom is 0.234 e. The highest BCUT2D eigenvalue weighted by atomic mass is 35.5. The van der Waals surface area contributed by atoms with Gasteiger partial charge in [0.15, 0.2) is 21.1 Å². The molecule has 8 nitrogen and oxygen atoms in total. The molecule has 0 aliphatic rings. The van der Waals surface area contributed by atoms with Crippen molar-refractivity contribution in [3.8, 4) is 5.75 Å². The first-order valence-electron chi connectivity index (χ1n) is 12.2. The van der Waals surface area contributed by atoms with Crippen LogP contribution in [0.4, 0.5) is 5.69 Å². The Balaban J connectivity index is 1.13. The summed E-state index contributed by atoms with van der Waals surface area (Å²) in [5.74, 6) is 1.79. The molecule has 2 heterocycles. The van der Waals surface area contributed by atoms with Gasteiger partial charge in [0, 0.05) is 23.3 Å². The molecule has 2 aromatic heterocycles. The summed E-state index contributed by atoms with van der Waals surface area (Å²) in [7, 11) is 1.85. The summed E-state index contributed by atoms with van der Waals surface area (Å²) < 4.78 is 9.42. The highest BCUT2D eigenvalue weighted by Gasteiger charge is 2.14. The minimum Gasteiger partial charge on any atom is -0.485 e. The Labute approximate surface area is 248 Å². The number of anilines is 1. The Bertz CT molecular complexity index is 1670. The Kier molecular flexibility index (Phi) is 9.05. The summed E-state index contributed by atoms with van der Waals surface area (Å²) in [6.45, 7) is 2.27. The van der Waals surface area contributed by atoms with Crippen molar-refractivity contribution in [1.82, 2.24) is 19.7 Å². The molecular weight excluding hydrogens is 586 g/mol. The van der Waals surface area contributed by atoms with Crippen molar-refractivity contribution in [2.75, 3.05) is 16.8 Å². The van der Waals surface area contributed by atoms with E-state index in [0.29, 0.717) is 27.3 Å². The summed E-state index contributed by atoms with van der Waals surface area (Å²) in [5, 5.41) is 12.6. The molecule has 40 heavy (non-hydrogen) atoms. The van der Waals surface area contributed by atoms with E-state index in [0.717, 1.165) is 25.9 Å². The normalized spacial score (nSPS) is 11.1. The van der Waals surface area contributed by atoms with Gasteiger partial charge in [-0.25, -0.2) is 4.98 Å². The highest BCUT2D eigenvalue weighted by molar-refractivity contribution is 8.01. The van der Waals surface area contributed by atoms with Crippen molar-refractivity contribution in [2.45, 2.75) is 23.0 Å². The zero-order valence-electron chi connectivity index (χ0n) is 21.6. The zero-order valence-corrected chi connectivity index (χ0v) is 24.8. The molecule has 0 bridgehead atoms. The lowest BCUT2D eigenvalue weighted by molar-refractivity contribution is -0.113. The van der Waals surface area contributed by atoms with Crippen LogP contribution in [-0.4, -0.2) is 42.9 Å². The number of thioether (sulfide) groups is 2. The number of rotatable bonds is 11. The van der Waals surface area contributed by atoms with Gasteiger partial charge in [0.05, 0.1) is 21.7 Å². The van der Waals surface area contributed by atoms with Gasteiger partial charge in [0.25, 0.3) is 0 Å². The Morgan fingerprint density at radius 2 is 1.82 bits per heavy atom. The molecule has 0 aliphatic carbocycles. The smallest absolute Gasteiger partial charge is 0.234 e. The van der Waals surface area contributed by atoms with E-state index in [2.05, 4.69) is 20.5 Å². The number of thiazole rings is 1. The molecule has 5 rings (SSSR count). The van der Waals surface area contributed by atoms with Crippen molar-refractivity contribution >= 4 is 74.1 Å². The molecule has 0 atom stereocenters. The summed E-state index contributed by atoms with van der Waals surface area (Å²) >= 11 is 10.1. The number of ketones is 1. The minimum atomic E-state index is -0.155. The van der Waals surface area contributed by atoms with Gasteiger partial charge in [-0.15, -0.1) is 21.5 Å². The van der Waals surface area contributed by atoms with Gasteiger partial charge >= 0.3 is 0 Å². The average molecular weight is 610 g/mol. The third-order valence-corrected chi connectivity index (χ3v) is 9.29. The number of nitrogens with zero attached hydrogens (tertiary/aromatic N) is 4. The molecule has 0 radical (unpaired) electrons. The van der Waals surface area contributed by atoms with E-state index in [1.54, 1.807) is 24.3 Å². The van der Waals surface area contributed by atoms with Crippen LogP contribution >= 0.6 is 46.5 Å². The molecule has 1 N–H and O–H groups in total. The number of ether oxygens (including phenoxy) is 1. The van der Waals surface area contributed by atoms with E-state index in [9.17, 15) is 9.59 Å². The first-order valence-corrected chi connectivity index (χ1v) is 15.3. The number of hydrogen-bond donors (Lipinski definition) is 1. The van der Waals surface area contributed by atoms with Crippen LogP contribution < -0.4 is 10.1 Å². The molecular formula is C28H24ClN5O3S3. The molecule has 0 saturated carbocycles. The fourth-order valence-electron chi connectivity index (χ4n) is 3.67. The number of aromatic nitrogens is 4. The monoisotopic (exact) mass is 609 g/mol. The van der Waals surface area contributed by atoms with Crippen LogP contribution in [0, 0.1) is 6.92 Å². The lowest BCUT2D eigenvalue weighted by Gasteiger charge is -2.08. The van der Waals surface area contributed by atoms with Gasteiger partial charge < -0.3 is 14.6 Å². The van der Waals surface area contributed by atoms with Gasteiger partial charge in [-0.1, -0.05) is 53.3 Å². The van der Waals surface area contributed by atoms with Gasteiger partial charge in [-0.3, -0.25) is 9.59 Å². The first-order chi connectivity index (χ1) is 19.4. The quantitative estimate of drug-likeness (QED) is 0.131. The van der Waals surface area contributed by atoms with Crippen LogP contribution in [0.5, 0.6) is 5.75 Å². The van der Waals surface area contributed by atoms with E-state index in [1.165, 1.54) is 34.9 Å². The van der Waals surface area contributed by atoms with E-state index in [1.807, 2.05) is 61.0 Å². The van der Waals surface area contributed by atoms with E-state index >= 15 is 0 Å². The molecule has 0 saturated heterocycles. The summed E-state index contributed by atoms with van der Waals surface area (Å²) in [4.78, 5) is 29.7. The standard InChI is InChI=1S/C28H24ClN5O3S3/c1-17-5-3-4-6-23(17)37-14-25-32-33-27(34(25)2)38-16-26(36)30-20-11-12-21-24(13-20)40-28(31-21)39-15-22(35)18-7-9-19(29)10-8-18/h3-13H,14-16H2,1-2H3,(H,30,36). The zero-order chi connectivity index (χ0) is 28.1. The highest BCUT2D eigenvalue weighted by Crippen LogP contribution is 2.32. The lowest BCUT2D eigenvalue weighted by Crippen LogP contribution is -2.14. The fourth-order valence-corrected chi connectivity index (χ4v) is 6.53. The molecule has 0 spiro atoms. The van der Waals surface area contributed by atoms with E-state index in [4.69, 9.17) is 16.3 Å². The number of hydrogen-bond acceptors (Lipinski definition) is 9. The molecule has 204 valence electrons. The molecule has 0 fully saturated rings. The van der Waals surface area contributed by atoms with E-state index < -0.39 is 0 Å². The summed E-state index contributed by atoms with van der Waals surface area (Å²) in [6.07, 6.45) is 0. The Morgan fingerprint density at radius 1 is 1.02 bits per heavy atom. The lowest BCUT2D eigenvalue weighted by atomic mass is 10.1. The predicted octanol–water partition coefficient (Wildman–Crippen LogP) is 6.67. The number of benzene rings is 3. The van der Waals surface area contributed by atoms with Crippen LogP contribution in [0.3, 0.4) is 0 Å². The van der Waals surface area contributed by atoms with Crippen molar-refractivity contribution < 1.29 is 14.3 Å². The predicted molar refractivity (Wildman–Crippen MR) is 162 cm³/mol. The molecule has 12 heteroatoms. The summed E-state index contributed by atoms with van der Waals surface area (Å²) in [5.41, 5.74) is 3.17. The number of Topliss-reactive ketones (excluding diaryl/α,β-unsaturated/α-hetero) is 1. The van der Waals surface area contributed by atoms with Gasteiger partial charge in [0.2, 0.25) is 5.91 Å². The molecule has 1 amide bonds. The minimum absolute atomic E-state index is 0.0141. The molecule has 0 unspecified atom stereocenters. The number of carbonyl (C=O) groups excluding carboxylic acids is 2. The number of carbonyl (C=O) groups is 2. The number of aryl methyl sites for hydroxylation is 1. The number of fused-ring (bicyclic) bond motifs is 1. The first kappa shape index (κ1) is 28.2. The van der Waals surface area contributed by atoms with Gasteiger partial charge in [-0.2, -0.15) is 0 Å². The van der Waals surface area contributed by atoms with Gasteiger partial charge in [-0.05, 0) is 61.0 Å². The van der Waals surface area contributed by atoms with Crippen molar-refractivity contribution in [1.29, 1.82) is 0 Å². The second-order valence-corrected chi connectivity index (χ2v) is 12.4. The van der Waals surface area contributed by atoms with Gasteiger partial charge in [0.1, 0.15) is 12.4 Å². The average Bonchev–Trinajstić information content (AvgIpc) is 3.52. The van der Waals surface area contributed by atoms with Crippen LogP contribution in [0.15, 0.2) is 76.2 Å². The SMILES string of the molecule is Cc1ccccc1OCc1nnc(SCC(=O)Nc2ccc3nc(SCC(=O)c4ccc(Cl)cc4)sc3c2)n1C.